The fourth-order valence-corrected chi connectivity index (χ4v) is 3.59. The van der Waals surface area contributed by atoms with Crippen LogP contribution in [0.2, 0.25) is 0 Å². The Morgan fingerprint density at radius 1 is 0.667 bits per heavy atom. The van der Waals surface area contributed by atoms with E-state index >= 15 is 0 Å². The van der Waals surface area contributed by atoms with Crippen LogP contribution in [0.3, 0.4) is 0 Å². The van der Waals surface area contributed by atoms with Crippen LogP contribution in [0, 0.1) is 13.8 Å². The molecule has 132 valence electrons. The summed E-state index contributed by atoms with van der Waals surface area (Å²) in [5, 5.41) is 0. The van der Waals surface area contributed by atoms with E-state index in [1.165, 1.54) is 0 Å². The zero-order chi connectivity index (χ0) is 21.3. The summed E-state index contributed by atoms with van der Waals surface area (Å²) in [6, 6.07) is 27.8. The van der Waals surface area contributed by atoms with Crippen LogP contribution < -0.4 is 4.57 Å². The number of rotatable bonds is 3. The van der Waals surface area contributed by atoms with Crippen molar-refractivity contribution in [2.45, 2.75) is 13.8 Å². The van der Waals surface area contributed by atoms with Crippen molar-refractivity contribution in [3.05, 3.63) is 102 Å². The van der Waals surface area contributed by atoms with Gasteiger partial charge < -0.3 is 0 Å². The highest BCUT2D eigenvalue weighted by Gasteiger charge is 2.20. The SMILES string of the molecule is [2H]C([2H])([2H])c1cc(-c2ccccc2)ccc1-c1ccc[n+](C)c1-c1ccccc1C. The zero-order valence-corrected chi connectivity index (χ0v) is 15.6. The fourth-order valence-electron chi connectivity index (χ4n) is 3.59. The third-order valence-corrected chi connectivity index (χ3v) is 5.00. The minimum atomic E-state index is -2.22. The maximum absolute atomic E-state index is 8.22. The number of hydrogen-bond donors (Lipinski definition) is 0. The van der Waals surface area contributed by atoms with Gasteiger partial charge in [0.1, 0.15) is 7.05 Å². The van der Waals surface area contributed by atoms with Crippen molar-refractivity contribution < 1.29 is 8.68 Å². The van der Waals surface area contributed by atoms with Crippen LogP contribution in [-0.4, -0.2) is 0 Å². The molecule has 0 atom stereocenters. The van der Waals surface area contributed by atoms with Gasteiger partial charge in [-0.25, -0.2) is 4.57 Å². The summed E-state index contributed by atoms with van der Waals surface area (Å²) in [4.78, 5) is 0. The normalized spacial score (nSPS) is 12.9. The largest absolute Gasteiger partial charge is 0.220 e. The summed E-state index contributed by atoms with van der Waals surface area (Å²) in [5.74, 6) is 0. The zero-order valence-electron chi connectivity index (χ0n) is 18.6. The Hall–Kier alpha value is -3.19. The topological polar surface area (TPSA) is 3.88 Å². The number of hydrogen-bond acceptors (Lipinski definition) is 0. The molecule has 1 heteroatoms. The van der Waals surface area contributed by atoms with Crippen LogP contribution in [0.5, 0.6) is 0 Å². The quantitative estimate of drug-likeness (QED) is 0.390. The number of aromatic nitrogens is 1. The summed E-state index contributed by atoms with van der Waals surface area (Å²) in [6.07, 6.45) is 2.00. The molecule has 0 fully saturated rings. The van der Waals surface area contributed by atoms with E-state index in [0.29, 0.717) is 5.56 Å². The fraction of sp³-hybridized carbons (Fsp3) is 0.115. The Labute approximate surface area is 165 Å². The van der Waals surface area contributed by atoms with Gasteiger partial charge in [0.15, 0.2) is 6.20 Å². The van der Waals surface area contributed by atoms with E-state index in [0.717, 1.165) is 39.1 Å². The van der Waals surface area contributed by atoms with Crippen molar-refractivity contribution in [3.63, 3.8) is 0 Å². The first-order valence-electron chi connectivity index (χ1n) is 10.6. The molecule has 1 nitrogen and oxygen atoms in total. The van der Waals surface area contributed by atoms with Crippen LogP contribution >= 0.6 is 0 Å². The van der Waals surface area contributed by atoms with Crippen LogP contribution in [0.4, 0.5) is 0 Å². The van der Waals surface area contributed by atoms with Gasteiger partial charge in [-0.3, -0.25) is 0 Å². The Balaban J connectivity index is 1.98. The van der Waals surface area contributed by atoms with Crippen LogP contribution in [0.25, 0.3) is 33.5 Å². The van der Waals surface area contributed by atoms with Gasteiger partial charge in [0.05, 0.1) is 5.56 Å². The Kier molecular flexibility index (Phi) is 3.72. The minimum Gasteiger partial charge on any atom is -0.200 e. The van der Waals surface area contributed by atoms with Crippen LogP contribution in [-0.2, 0) is 7.05 Å². The first kappa shape index (κ1) is 13.9. The lowest BCUT2D eigenvalue weighted by atomic mass is 9.92. The first-order valence-corrected chi connectivity index (χ1v) is 9.11. The monoisotopic (exact) mass is 353 g/mol. The van der Waals surface area contributed by atoms with Crippen molar-refractivity contribution in [2.24, 2.45) is 7.05 Å². The average Bonchev–Trinajstić information content (AvgIpc) is 2.74. The van der Waals surface area contributed by atoms with Crippen LogP contribution in [0.1, 0.15) is 15.2 Å². The maximum atomic E-state index is 8.22. The third-order valence-electron chi connectivity index (χ3n) is 5.00. The van der Waals surface area contributed by atoms with Crippen molar-refractivity contribution >= 4 is 0 Å². The molecule has 0 amide bonds. The molecule has 1 aromatic heterocycles. The standard InChI is InChI=1S/C26H24N/c1-19-10-7-8-13-24(19)26-25(14-9-17-27(26)3)23-16-15-22(18-20(23)2)21-11-5-4-6-12-21/h4-18H,1-3H3/q+1/i2D3. The van der Waals surface area contributed by atoms with Gasteiger partial charge >= 0.3 is 0 Å². The molecule has 0 bridgehead atoms. The first-order chi connectivity index (χ1) is 14.4. The predicted molar refractivity (Wildman–Crippen MR) is 113 cm³/mol. The Morgan fingerprint density at radius 2 is 1.41 bits per heavy atom. The molecule has 0 spiro atoms. The summed E-state index contributed by atoms with van der Waals surface area (Å²) in [7, 11) is 2.00. The van der Waals surface area contributed by atoms with Gasteiger partial charge in [-0.05, 0) is 53.7 Å². The molecule has 4 aromatic rings. The van der Waals surface area contributed by atoms with Crippen molar-refractivity contribution in [3.8, 4) is 33.5 Å². The van der Waals surface area contributed by atoms with Gasteiger partial charge in [0.2, 0.25) is 5.69 Å². The molecule has 0 unspecified atom stereocenters. The molecule has 0 saturated carbocycles. The van der Waals surface area contributed by atoms with Crippen molar-refractivity contribution in [1.82, 2.24) is 0 Å². The summed E-state index contributed by atoms with van der Waals surface area (Å²) in [5.41, 5.74) is 7.19. The molecule has 3 aromatic carbocycles. The van der Waals surface area contributed by atoms with Crippen molar-refractivity contribution in [2.75, 3.05) is 0 Å². The van der Waals surface area contributed by atoms with E-state index < -0.39 is 6.85 Å². The smallest absolute Gasteiger partial charge is 0.200 e. The van der Waals surface area contributed by atoms with Gasteiger partial charge in [-0.15, -0.1) is 0 Å². The molecule has 0 saturated heterocycles. The Morgan fingerprint density at radius 3 is 2.19 bits per heavy atom. The lowest BCUT2D eigenvalue weighted by molar-refractivity contribution is -0.660. The molecular weight excluding hydrogens is 326 g/mol. The average molecular weight is 354 g/mol. The number of benzene rings is 3. The van der Waals surface area contributed by atoms with Gasteiger partial charge in [-0.2, -0.15) is 0 Å². The lowest BCUT2D eigenvalue weighted by Crippen LogP contribution is -2.31. The molecule has 27 heavy (non-hydrogen) atoms. The van der Waals surface area contributed by atoms with Crippen LogP contribution in [0.15, 0.2) is 91.1 Å². The predicted octanol–water partition coefficient (Wildman–Crippen LogP) is 6.13. The van der Waals surface area contributed by atoms with E-state index in [4.69, 9.17) is 4.11 Å². The Bertz CT molecular complexity index is 1190. The molecule has 1 heterocycles. The molecular formula is C26H24N+. The molecule has 0 aliphatic rings. The summed E-state index contributed by atoms with van der Waals surface area (Å²) >= 11 is 0. The second kappa shape index (κ2) is 7.20. The van der Waals surface area contributed by atoms with Gasteiger partial charge in [0, 0.05) is 15.7 Å². The highest BCUT2D eigenvalue weighted by Crippen LogP contribution is 2.34. The van der Waals surface area contributed by atoms with E-state index in [2.05, 4.69) is 23.6 Å². The maximum Gasteiger partial charge on any atom is 0.220 e. The van der Waals surface area contributed by atoms with E-state index in [9.17, 15) is 0 Å². The second-order valence-electron chi connectivity index (χ2n) is 6.82. The molecule has 0 aliphatic carbocycles. The van der Waals surface area contributed by atoms with Crippen molar-refractivity contribution in [1.29, 1.82) is 0 Å². The van der Waals surface area contributed by atoms with Gasteiger partial charge in [-0.1, -0.05) is 66.7 Å². The lowest BCUT2D eigenvalue weighted by Gasteiger charge is -2.13. The van der Waals surface area contributed by atoms with E-state index in [1.807, 2.05) is 86.0 Å². The highest BCUT2D eigenvalue weighted by atomic mass is 14.9. The highest BCUT2D eigenvalue weighted by molar-refractivity contribution is 5.83. The molecule has 0 radical (unpaired) electrons. The number of aryl methyl sites for hydroxylation is 3. The van der Waals surface area contributed by atoms with E-state index in [1.54, 1.807) is 0 Å². The second-order valence-corrected chi connectivity index (χ2v) is 6.82. The minimum absolute atomic E-state index is 0.366. The van der Waals surface area contributed by atoms with E-state index in [-0.39, 0.29) is 0 Å². The number of pyridine rings is 1. The number of nitrogens with zero attached hydrogens (tertiary/aromatic N) is 1. The third kappa shape index (κ3) is 3.29. The summed E-state index contributed by atoms with van der Waals surface area (Å²) in [6.45, 7) is -0.146. The summed E-state index contributed by atoms with van der Waals surface area (Å²) < 4.78 is 26.7. The van der Waals surface area contributed by atoms with Gasteiger partial charge in [0.25, 0.3) is 0 Å². The molecule has 4 rings (SSSR count). The molecule has 0 N–H and O–H groups in total. The molecule has 0 aliphatic heterocycles.